The maximum atomic E-state index is 12.4. The highest BCUT2D eigenvalue weighted by molar-refractivity contribution is 7.17. The predicted molar refractivity (Wildman–Crippen MR) is 91.7 cm³/mol. The lowest BCUT2D eigenvalue weighted by atomic mass is 9.96. The van der Waals surface area contributed by atoms with Gasteiger partial charge in [-0.25, -0.2) is 4.79 Å². The normalized spacial score (nSPS) is 14.2. The summed E-state index contributed by atoms with van der Waals surface area (Å²) in [4.78, 5) is 36.1. The third-order valence-electron chi connectivity index (χ3n) is 3.97. The van der Waals surface area contributed by atoms with Crippen molar-refractivity contribution in [1.82, 2.24) is 0 Å². The zero-order chi connectivity index (χ0) is 17.5. The van der Waals surface area contributed by atoms with Crippen LogP contribution in [0.3, 0.4) is 0 Å². The van der Waals surface area contributed by atoms with Crippen LogP contribution in [-0.2, 0) is 27.2 Å². The quantitative estimate of drug-likeness (QED) is 0.765. The largest absolute Gasteiger partial charge is 0.481 e. The number of esters is 1. The van der Waals surface area contributed by atoms with Crippen molar-refractivity contribution in [3.05, 3.63) is 16.0 Å². The van der Waals surface area contributed by atoms with Crippen LogP contribution in [0.5, 0.6) is 0 Å². The molecule has 6 nitrogen and oxygen atoms in total. The van der Waals surface area contributed by atoms with Crippen molar-refractivity contribution >= 4 is 34.2 Å². The summed E-state index contributed by atoms with van der Waals surface area (Å²) in [7, 11) is 0. The highest BCUT2D eigenvalue weighted by Gasteiger charge is 2.26. The molecule has 1 aliphatic carbocycles. The summed E-state index contributed by atoms with van der Waals surface area (Å²) in [6.07, 6.45) is 5.77. The molecule has 0 aromatic carbocycles. The van der Waals surface area contributed by atoms with Crippen molar-refractivity contribution < 1.29 is 24.2 Å². The third kappa shape index (κ3) is 4.80. The number of nitrogens with one attached hydrogen (secondary N) is 1. The summed E-state index contributed by atoms with van der Waals surface area (Å²) < 4.78 is 5.17. The number of anilines is 1. The number of fused-ring (bicyclic) bond motifs is 1. The molecule has 1 heterocycles. The van der Waals surface area contributed by atoms with E-state index in [2.05, 4.69) is 5.32 Å². The predicted octanol–water partition coefficient (Wildman–Crippen LogP) is 3.39. The van der Waals surface area contributed by atoms with Gasteiger partial charge >= 0.3 is 11.9 Å². The molecule has 0 spiro atoms. The van der Waals surface area contributed by atoms with Crippen LogP contribution in [0, 0.1) is 0 Å². The molecular formula is C17H23NO5S. The lowest BCUT2D eigenvalue weighted by molar-refractivity contribution is -0.138. The minimum atomic E-state index is -1.02. The molecule has 1 amide bonds. The van der Waals surface area contributed by atoms with Crippen molar-refractivity contribution in [1.29, 1.82) is 0 Å². The van der Waals surface area contributed by atoms with E-state index in [0.717, 1.165) is 42.5 Å². The van der Waals surface area contributed by atoms with Crippen LogP contribution in [0.15, 0.2) is 0 Å². The van der Waals surface area contributed by atoms with Crippen LogP contribution in [0.2, 0.25) is 0 Å². The fourth-order valence-corrected chi connectivity index (χ4v) is 4.13. The fourth-order valence-electron chi connectivity index (χ4n) is 2.84. The zero-order valence-corrected chi connectivity index (χ0v) is 14.7. The maximum absolute atomic E-state index is 12.4. The van der Waals surface area contributed by atoms with Gasteiger partial charge in [-0.05, 0) is 38.2 Å². The van der Waals surface area contributed by atoms with Crippen molar-refractivity contribution in [3.8, 4) is 0 Å². The Labute approximate surface area is 145 Å². The molecular weight excluding hydrogens is 330 g/mol. The lowest BCUT2D eigenvalue weighted by Crippen LogP contribution is -2.16. The molecule has 2 N–H and O–H groups in total. The summed E-state index contributed by atoms with van der Waals surface area (Å²) >= 11 is 1.42. The molecule has 1 aromatic rings. The van der Waals surface area contributed by atoms with Crippen LogP contribution >= 0.6 is 11.3 Å². The van der Waals surface area contributed by atoms with E-state index in [1.807, 2.05) is 0 Å². The highest BCUT2D eigenvalue weighted by atomic mass is 32.1. The van der Waals surface area contributed by atoms with Gasteiger partial charge in [-0.2, -0.15) is 0 Å². The SMILES string of the molecule is CCOC(=O)c1c(NC(=O)CCC(=O)O)sc2c1CCCCCC2. The number of carboxylic acid groups (broad SMARTS) is 1. The number of aliphatic carboxylic acids is 1. The van der Waals surface area contributed by atoms with Gasteiger partial charge in [-0.1, -0.05) is 12.8 Å². The van der Waals surface area contributed by atoms with Crippen LogP contribution in [0.1, 0.15) is 66.2 Å². The van der Waals surface area contributed by atoms with Gasteiger partial charge in [0, 0.05) is 11.3 Å². The van der Waals surface area contributed by atoms with Gasteiger partial charge < -0.3 is 15.2 Å². The summed E-state index contributed by atoms with van der Waals surface area (Å²) in [5, 5.41) is 11.9. The molecule has 0 radical (unpaired) electrons. The highest BCUT2D eigenvalue weighted by Crippen LogP contribution is 2.37. The van der Waals surface area contributed by atoms with E-state index in [1.165, 1.54) is 17.8 Å². The second kappa shape index (κ2) is 8.82. The first kappa shape index (κ1) is 18.4. The summed E-state index contributed by atoms with van der Waals surface area (Å²) in [5.74, 6) is -1.82. The number of rotatable bonds is 6. The fraction of sp³-hybridized carbons (Fsp3) is 0.588. The van der Waals surface area contributed by atoms with Crippen molar-refractivity contribution in [2.45, 2.75) is 58.3 Å². The van der Waals surface area contributed by atoms with Crippen LogP contribution in [0.25, 0.3) is 0 Å². The number of hydrogen-bond donors (Lipinski definition) is 2. The van der Waals surface area contributed by atoms with E-state index in [9.17, 15) is 14.4 Å². The number of hydrogen-bond acceptors (Lipinski definition) is 5. The van der Waals surface area contributed by atoms with E-state index >= 15 is 0 Å². The average molecular weight is 353 g/mol. The van der Waals surface area contributed by atoms with Gasteiger partial charge in [0.1, 0.15) is 5.00 Å². The second-order valence-electron chi connectivity index (χ2n) is 5.78. The Morgan fingerprint density at radius 1 is 1.12 bits per heavy atom. The summed E-state index contributed by atoms with van der Waals surface area (Å²) in [6.45, 7) is 2.02. The number of thiophene rings is 1. The molecule has 0 aliphatic heterocycles. The molecule has 0 fully saturated rings. The lowest BCUT2D eigenvalue weighted by Gasteiger charge is -2.11. The molecule has 132 valence electrons. The Balaban J connectivity index is 2.27. The van der Waals surface area contributed by atoms with E-state index in [-0.39, 0.29) is 19.4 Å². The summed E-state index contributed by atoms with van der Waals surface area (Å²) in [5.41, 5.74) is 1.45. The molecule has 0 saturated heterocycles. The molecule has 24 heavy (non-hydrogen) atoms. The minimum absolute atomic E-state index is 0.111. The Hall–Kier alpha value is -1.89. The second-order valence-corrected chi connectivity index (χ2v) is 6.89. The van der Waals surface area contributed by atoms with Crippen LogP contribution in [-0.4, -0.2) is 29.6 Å². The number of carbonyl (C=O) groups excluding carboxylic acids is 2. The molecule has 1 aliphatic rings. The Morgan fingerprint density at radius 2 is 1.83 bits per heavy atom. The monoisotopic (exact) mass is 353 g/mol. The van der Waals surface area contributed by atoms with E-state index in [0.29, 0.717) is 10.6 Å². The van der Waals surface area contributed by atoms with Crippen molar-refractivity contribution in [2.75, 3.05) is 11.9 Å². The van der Waals surface area contributed by atoms with E-state index < -0.39 is 17.8 Å². The topological polar surface area (TPSA) is 92.7 Å². The van der Waals surface area contributed by atoms with Gasteiger partial charge in [-0.15, -0.1) is 11.3 Å². The zero-order valence-electron chi connectivity index (χ0n) is 13.9. The van der Waals surface area contributed by atoms with Gasteiger partial charge in [-0.3, -0.25) is 9.59 Å². The molecule has 1 aromatic heterocycles. The van der Waals surface area contributed by atoms with E-state index in [1.54, 1.807) is 6.92 Å². The molecule has 7 heteroatoms. The first-order chi connectivity index (χ1) is 11.5. The van der Waals surface area contributed by atoms with Crippen LogP contribution in [0.4, 0.5) is 5.00 Å². The Bertz CT molecular complexity index is 623. The molecule has 0 saturated carbocycles. The van der Waals surface area contributed by atoms with Gasteiger partial charge in [0.15, 0.2) is 0 Å². The van der Waals surface area contributed by atoms with Gasteiger partial charge in [0.05, 0.1) is 18.6 Å². The van der Waals surface area contributed by atoms with Crippen molar-refractivity contribution in [3.63, 3.8) is 0 Å². The van der Waals surface area contributed by atoms with Crippen molar-refractivity contribution in [2.24, 2.45) is 0 Å². The molecule has 0 unspecified atom stereocenters. The number of amides is 1. The molecule has 0 bridgehead atoms. The first-order valence-electron chi connectivity index (χ1n) is 8.36. The number of ether oxygens (including phenoxy) is 1. The molecule has 2 rings (SSSR count). The Kier molecular flexibility index (Phi) is 6.78. The standard InChI is InChI=1S/C17H23NO5S/c1-2-23-17(22)15-11-7-5-3-4-6-8-12(11)24-16(15)18-13(19)9-10-14(20)21/h2-10H2,1H3,(H,18,19)(H,20,21). The third-order valence-corrected chi connectivity index (χ3v) is 5.18. The first-order valence-corrected chi connectivity index (χ1v) is 9.17. The van der Waals surface area contributed by atoms with E-state index in [4.69, 9.17) is 9.84 Å². The number of aryl methyl sites for hydroxylation is 1. The maximum Gasteiger partial charge on any atom is 0.341 e. The minimum Gasteiger partial charge on any atom is -0.481 e. The summed E-state index contributed by atoms with van der Waals surface area (Å²) in [6, 6.07) is 0. The Morgan fingerprint density at radius 3 is 2.50 bits per heavy atom. The number of carboxylic acids is 1. The molecule has 0 atom stereocenters. The number of carbonyl (C=O) groups is 3. The van der Waals surface area contributed by atoms with Gasteiger partial charge in [0.2, 0.25) is 5.91 Å². The smallest absolute Gasteiger partial charge is 0.341 e. The van der Waals surface area contributed by atoms with Gasteiger partial charge in [0.25, 0.3) is 0 Å². The van der Waals surface area contributed by atoms with Crippen LogP contribution < -0.4 is 5.32 Å². The average Bonchev–Trinajstić information content (AvgIpc) is 2.82.